The molecule has 8 heteroatoms. The zero-order valence-corrected chi connectivity index (χ0v) is 18.4. The molecule has 2 aromatic heterocycles. The van der Waals surface area contributed by atoms with Gasteiger partial charge in [-0.15, -0.1) is 0 Å². The molecule has 0 saturated carbocycles. The fourth-order valence-corrected chi connectivity index (χ4v) is 3.68. The molecule has 0 radical (unpaired) electrons. The van der Waals surface area contributed by atoms with E-state index < -0.39 is 5.41 Å². The van der Waals surface area contributed by atoms with E-state index in [0.717, 1.165) is 28.1 Å². The highest BCUT2D eigenvalue weighted by molar-refractivity contribution is 6.12. The van der Waals surface area contributed by atoms with Gasteiger partial charge in [0.05, 0.1) is 29.6 Å². The summed E-state index contributed by atoms with van der Waals surface area (Å²) >= 11 is 0. The molecule has 1 aliphatic heterocycles. The van der Waals surface area contributed by atoms with Crippen LogP contribution in [0.4, 0.5) is 17.3 Å². The summed E-state index contributed by atoms with van der Waals surface area (Å²) in [6.07, 6.45) is 5.22. The average Bonchev–Trinajstić information content (AvgIpc) is 2.95. The van der Waals surface area contributed by atoms with E-state index in [1.165, 1.54) is 0 Å². The number of anilines is 3. The van der Waals surface area contributed by atoms with Gasteiger partial charge in [0.25, 0.3) is 0 Å². The van der Waals surface area contributed by atoms with E-state index in [0.29, 0.717) is 30.6 Å². The van der Waals surface area contributed by atoms with Gasteiger partial charge in [-0.3, -0.25) is 14.7 Å². The lowest BCUT2D eigenvalue weighted by atomic mass is 9.85. The molecule has 31 heavy (non-hydrogen) atoms. The van der Waals surface area contributed by atoms with Crippen LogP contribution in [0.25, 0.3) is 11.1 Å². The largest absolute Gasteiger partial charge is 0.383 e. The van der Waals surface area contributed by atoms with Crippen LogP contribution in [0.5, 0.6) is 0 Å². The number of nitrogens with zero attached hydrogens (tertiary/aromatic N) is 5. The van der Waals surface area contributed by atoms with Crippen LogP contribution in [0, 0.1) is 13.8 Å². The third-order valence-electron chi connectivity index (χ3n) is 5.53. The molecule has 3 aromatic rings. The number of benzene rings is 1. The lowest BCUT2D eigenvalue weighted by Crippen LogP contribution is -2.33. The molecule has 1 N–H and O–H groups in total. The number of aryl methyl sites for hydroxylation is 2. The molecule has 1 amide bonds. The van der Waals surface area contributed by atoms with Crippen LogP contribution in [-0.2, 0) is 14.9 Å². The van der Waals surface area contributed by atoms with Crippen molar-refractivity contribution in [1.82, 2.24) is 19.9 Å². The van der Waals surface area contributed by atoms with Crippen LogP contribution >= 0.6 is 0 Å². The molecule has 3 heterocycles. The second kappa shape index (κ2) is 8.03. The van der Waals surface area contributed by atoms with Crippen LogP contribution in [-0.4, -0.2) is 46.1 Å². The molecule has 0 unspecified atom stereocenters. The van der Waals surface area contributed by atoms with Gasteiger partial charge in [0.15, 0.2) is 5.82 Å². The van der Waals surface area contributed by atoms with Crippen LogP contribution < -0.4 is 10.2 Å². The molecule has 160 valence electrons. The third-order valence-corrected chi connectivity index (χ3v) is 5.53. The Kier molecular flexibility index (Phi) is 5.41. The molecule has 8 nitrogen and oxygen atoms in total. The van der Waals surface area contributed by atoms with Crippen molar-refractivity contribution in [1.29, 1.82) is 0 Å². The van der Waals surface area contributed by atoms with Crippen molar-refractivity contribution in [2.45, 2.75) is 33.1 Å². The zero-order valence-electron chi connectivity index (χ0n) is 18.4. The number of nitrogens with one attached hydrogen (secondary N) is 1. The maximum atomic E-state index is 13.4. The van der Waals surface area contributed by atoms with Crippen molar-refractivity contribution in [3.63, 3.8) is 0 Å². The molecule has 1 aliphatic rings. The van der Waals surface area contributed by atoms with E-state index in [4.69, 9.17) is 9.72 Å². The van der Waals surface area contributed by atoms with Gasteiger partial charge in [-0.2, -0.15) is 0 Å². The van der Waals surface area contributed by atoms with Gasteiger partial charge in [0, 0.05) is 31.6 Å². The molecule has 0 fully saturated rings. The zero-order chi connectivity index (χ0) is 22.2. The molecular formula is C23H26N6O2. The molecule has 0 bridgehead atoms. The van der Waals surface area contributed by atoms with Gasteiger partial charge < -0.3 is 10.1 Å². The van der Waals surface area contributed by atoms with Crippen molar-refractivity contribution in [2.75, 3.05) is 30.5 Å². The summed E-state index contributed by atoms with van der Waals surface area (Å²) in [5.41, 5.74) is 3.67. The SMILES string of the molecule is COCCNc1nc(N2C(=O)C(C)(C)c3ccc(-c4cnc(C)nc4)cc32)cnc1C. The lowest BCUT2D eigenvalue weighted by Gasteiger charge is -2.20. The maximum absolute atomic E-state index is 13.4. The Hall–Kier alpha value is -3.39. The predicted octanol–water partition coefficient (Wildman–Crippen LogP) is 3.56. The minimum atomic E-state index is -0.673. The summed E-state index contributed by atoms with van der Waals surface area (Å²) in [6.45, 7) is 8.74. The minimum Gasteiger partial charge on any atom is -0.383 e. The molecular weight excluding hydrogens is 392 g/mol. The highest BCUT2D eigenvalue weighted by atomic mass is 16.5. The molecule has 0 aliphatic carbocycles. The highest BCUT2D eigenvalue weighted by Gasteiger charge is 2.45. The van der Waals surface area contributed by atoms with Crippen molar-refractivity contribution in [3.8, 4) is 11.1 Å². The van der Waals surface area contributed by atoms with Crippen LogP contribution in [0.1, 0.15) is 30.9 Å². The van der Waals surface area contributed by atoms with Gasteiger partial charge >= 0.3 is 0 Å². The normalized spacial score (nSPS) is 14.6. The van der Waals surface area contributed by atoms with Gasteiger partial charge in [-0.25, -0.2) is 15.0 Å². The van der Waals surface area contributed by atoms with E-state index in [2.05, 4.69) is 20.3 Å². The molecule has 0 saturated heterocycles. The van der Waals surface area contributed by atoms with Gasteiger partial charge in [-0.1, -0.05) is 12.1 Å². The first kappa shape index (κ1) is 20.9. The van der Waals surface area contributed by atoms with Gasteiger partial charge in [0.2, 0.25) is 5.91 Å². The van der Waals surface area contributed by atoms with Crippen molar-refractivity contribution in [3.05, 3.63) is 53.9 Å². The number of hydrogen-bond acceptors (Lipinski definition) is 7. The summed E-state index contributed by atoms with van der Waals surface area (Å²) in [4.78, 5) is 32.8. The Morgan fingerprint density at radius 2 is 1.81 bits per heavy atom. The summed E-state index contributed by atoms with van der Waals surface area (Å²) in [5, 5.41) is 3.23. The number of hydrogen-bond donors (Lipinski definition) is 1. The second-order valence-electron chi connectivity index (χ2n) is 8.10. The minimum absolute atomic E-state index is 0.0409. The first-order chi connectivity index (χ1) is 14.8. The number of methoxy groups -OCH3 is 1. The van der Waals surface area contributed by atoms with E-state index in [9.17, 15) is 4.79 Å². The van der Waals surface area contributed by atoms with Gasteiger partial charge in [0.1, 0.15) is 11.6 Å². The van der Waals surface area contributed by atoms with Crippen molar-refractivity contribution >= 4 is 23.2 Å². The fourth-order valence-electron chi connectivity index (χ4n) is 3.68. The smallest absolute Gasteiger partial charge is 0.242 e. The summed E-state index contributed by atoms with van der Waals surface area (Å²) in [6, 6.07) is 6.00. The number of fused-ring (bicyclic) bond motifs is 1. The average molecular weight is 419 g/mol. The number of rotatable bonds is 6. The predicted molar refractivity (Wildman–Crippen MR) is 120 cm³/mol. The number of carbonyl (C=O) groups excluding carboxylic acids is 1. The monoisotopic (exact) mass is 418 g/mol. The fraction of sp³-hybridized carbons (Fsp3) is 0.348. The number of amides is 1. The third kappa shape index (κ3) is 3.74. The maximum Gasteiger partial charge on any atom is 0.242 e. The Morgan fingerprint density at radius 1 is 1.06 bits per heavy atom. The molecule has 0 spiro atoms. The standard InChI is InChI=1S/C23H26N6O2/c1-14-21(24-8-9-31-5)28-20(13-25-14)29-19-10-16(17-11-26-15(2)27-12-17)6-7-18(19)23(3,4)22(29)30/h6-7,10-13H,8-9H2,1-5H3,(H,24,28). The lowest BCUT2D eigenvalue weighted by molar-refractivity contribution is -0.121. The number of aromatic nitrogens is 4. The Morgan fingerprint density at radius 3 is 2.52 bits per heavy atom. The Labute approximate surface area is 181 Å². The van der Waals surface area contributed by atoms with E-state index in [1.807, 2.05) is 45.9 Å². The highest BCUT2D eigenvalue weighted by Crippen LogP contribution is 2.46. The summed E-state index contributed by atoms with van der Waals surface area (Å²) in [5.74, 6) is 1.79. The number of carbonyl (C=O) groups is 1. The molecule has 0 atom stereocenters. The Bertz CT molecular complexity index is 1130. The second-order valence-corrected chi connectivity index (χ2v) is 8.10. The van der Waals surface area contributed by atoms with Crippen LogP contribution in [0.15, 0.2) is 36.8 Å². The van der Waals surface area contributed by atoms with Crippen LogP contribution in [0.3, 0.4) is 0 Å². The molecule has 1 aromatic carbocycles. The summed E-state index contributed by atoms with van der Waals surface area (Å²) in [7, 11) is 1.65. The van der Waals surface area contributed by atoms with E-state index in [-0.39, 0.29) is 5.91 Å². The quantitative estimate of drug-likeness (QED) is 0.612. The van der Waals surface area contributed by atoms with Gasteiger partial charge in [-0.05, 0) is 44.9 Å². The first-order valence-electron chi connectivity index (χ1n) is 10.2. The Balaban J connectivity index is 1.78. The van der Waals surface area contributed by atoms with Crippen molar-refractivity contribution < 1.29 is 9.53 Å². The van der Waals surface area contributed by atoms with E-state index >= 15 is 0 Å². The van der Waals surface area contributed by atoms with E-state index in [1.54, 1.807) is 30.6 Å². The molecule has 4 rings (SSSR count). The first-order valence-corrected chi connectivity index (χ1v) is 10.2. The van der Waals surface area contributed by atoms with Crippen molar-refractivity contribution in [2.24, 2.45) is 0 Å². The number of ether oxygens (including phenoxy) is 1. The summed E-state index contributed by atoms with van der Waals surface area (Å²) < 4.78 is 5.10. The van der Waals surface area contributed by atoms with Crippen LogP contribution in [0.2, 0.25) is 0 Å². The topological polar surface area (TPSA) is 93.1 Å².